The molecule has 0 aliphatic heterocycles. The van der Waals surface area contributed by atoms with Crippen LogP contribution in [0.4, 0.5) is 5.69 Å². The van der Waals surface area contributed by atoms with E-state index in [0.717, 1.165) is 23.7 Å². The first-order chi connectivity index (χ1) is 9.16. The zero-order chi connectivity index (χ0) is 13.7. The number of carbonyl (C=O) groups is 1. The lowest BCUT2D eigenvalue weighted by molar-refractivity contribution is -0.114. The normalized spacial score (nSPS) is 23.1. The second-order valence-electron chi connectivity index (χ2n) is 5.59. The Morgan fingerprint density at radius 1 is 1.26 bits per heavy atom. The van der Waals surface area contributed by atoms with E-state index >= 15 is 0 Å². The number of carbonyl (C=O) groups excluding carboxylic acids is 1. The van der Waals surface area contributed by atoms with E-state index in [-0.39, 0.29) is 5.91 Å². The van der Waals surface area contributed by atoms with E-state index < -0.39 is 0 Å². The van der Waals surface area contributed by atoms with Crippen LogP contribution in [-0.2, 0) is 11.3 Å². The molecule has 2 rings (SSSR count). The molecule has 2 unspecified atom stereocenters. The van der Waals surface area contributed by atoms with Gasteiger partial charge in [-0.2, -0.15) is 0 Å². The highest BCUT2D eigenvalue weighted by Crippen LogP contribution is 2.24. The second kappa shape index (κ2) is 6.71. The van der Waals surface area contributed by atoms with Crippen LogP contribution in [-0.4, -0.2) is 11.9 Å². The summed E-state index contributed by atoms with van der Waals surface area (Å²) in [4.78, 5) is 11.2. The van der Waals surface area contributed by atoms with E-state index in [1.54, 1.807) is 6.92 Å². The minimum absolute atomic E-state index is 0.0153. The van der Waals surface area contributed by atoms with Gasteiger partial charge < -0.3 is 10.6 Å². The molecule has 3 heteroatoms. The summed E-state index contributed by atoms with van der Waals surface area (Å²) in [6.45, 7) is 4.70. The van der Waals surface area contributed by atoms with Crippen molar-refractivity contribution in [3.63, 3.8) is 0 Å². The van der Waals surface area contributed by atoms with Gasteiger partial charge in [0.05, 0.1) is 0 Å². The SMILES string of the molecule is CC(=O)Nc1ccccc1CNC1CCCCC1C. The Hall–Kier alpha value is -1.35. The van der Waals surface area contributed by atoms with Crippen molar-refractivity contribution in [2.24, 2.45) is 5.92 Å². The second-order valence-corrected chi connectivity index (χ2v) is 5.59. The fourth-order valence-electron chi connectivity index (χ4n) is 2.85. The zero-order valence-electron chi connectivity index (χ0n) is 11.9. The molecule has 3 nitrogen and oxygen atoms in total. The summed E-state index contributed by atoms with van der Waals surface area (Å²) in [5.41, 5.74) is 2.08. The largest absolute Gasteiger partial charge is 0.326 e. The molecule has 1 aromatic rings. The van der Waals surface area contributed by atoms with E-state index in [1.165, 1.54) is 25.7 Å². The first kappa shape index (κ1) is 14.1. The molecule has 1 saturated carbocycles. The molecule has 0 aromatic heterocycles. The van der Waals surface area contributed by atoms with Gasteiger partial charge in [-0.15, -0.1) is 0 Å². The summed E-state index contributed by atoms with van der Waals surface area (Å²) >= 11 is 0. The topological polar surface area (TPSA) is 41.1 Å². The Labute approximate surface area is 115 Å². The Kier molecular flexibility index (Phi) is 4.97. The lowest BCUT2D eigenvalue weighted by atomic mass is 9.86. The van der Waals surface area contributed by atoms with E-state index in [4.69, 9.17) is 0 Å². The summed E-state index contributed by atoms with van der Waals surface area (Å²) in [5, 5.41) is 6.54. The molecule has 1 amide bonds. The van der Waals surface area contributed by atoms with Gasteiger partial charge >= 0.3 is 0 Å². The Bertz CT molecular complexity index is 431. The molecule has 0 bridgehead atoms. The van der Waals surface area contributed by atoms with Crippen molar-refractivity contribution in [3.8, 4) is 0 Å². The Balaban J connectivity index is 1.96. The van der Waals surface area contributed by atoms with Gasteiger partial charge in [0.2, 0.25) is 5.91 Å². The highest BCUT2D eigenvalue weighted by molar-refractivity contribution is 5.89. The number of benzene rings is 1. The molecule has 2 N–H and O–H groups in total. The van der Waals surface area contributed by atoms with Crippen LogP contribution in [0.2, 0.25) is 0 Å². The molecule has 0 radical (unpaired) electrons. The molecule has 2 atom stereocenters. The number of hydrogen-bond acceptors (Lipinski definition) is 2. The van der Waals surface area contributed by atoms with Gasteiger partial charge in [0.1, 0.15) is 0 Å². The quantitative estimate of drug-likeness (QED) is 0.872. The van der Waals surface area contributed by atoms with Gasteiger partial charge in [-0.3, -0.25) is 4.79 Å². The summed E-state index contributed by atoms with van der Waals surface area (Å²) in [5.74, 6) is 0.736. The predicted molar refractivity (Wildman–Crippen MR) is 79.0 cm³/mol. The summed E-state index contributed by atoms with van der Waals surface area (Å²) in [7, 11) is 0. The highest BCUT2D eigenvalue weighted by atomic mass is 16.1. The predicted octanol–water partition coefficient (Wildman–Crippen LogP) is 3.31. The van der Waals surface area contributed by atoms with Crippen LogP contribution in [0.1, 0.15) is 45.1 Å². The number of anilines is 1. The van der Waals surface area contributed by atoms with Crippen LogP contribution in [0.25, 0.3) is 0 Å². The molecule has 0 saturated heterocycles. The van der Waals surface area contributed by atoms with E-state index in [2.05, 4.69) is 23.6 Å². The minimum Gasteiger partial charge on any atom is -0.326 e. The molecule has 1 fully saturated rings. The van der Waals surface area contributed by atoms with Crippen molar-refractivity contribution in [1.29, 1.82) is 0 Å². The van der Waals surface area contributed by atoms with Gasteiger partial charge in [-0.1, -0.05) is 38.0 Å². The molecule has 1 aliphatic rings. The van der Waals surface area contributed by atoms with Crippen molar-refractivity contribution in [2.45, 2.75) is 52.1 Å². The van der Waals surface area contributed by atoms with Crippen molar-refractivity contribution in [2.75, 3.05) is 5.32 Å². The van der Waals surface area contributed by atoms with E-state index in [0.29, 0.717) is 6.04 Å². The number of amides is 1. The van der Waals surface area contributed by atoms with Gasteiger partial charge in [0, 0.05) is 25.2 Å². The lowest BCUT2D eigenvalue weighted by Gasteiger charge is -2.30. The van der Waals surface area contributed by atoms with Crippen LogP contribution >= 0.6 is 0 Å². The third-order valence-electron chi connectivity index (χ3n) is 3.99. The number of hydrogen-bond donors (Lipinski definition) is 2. The van der Waals surface area contributed by atoms with Crippen LogP contribution in [0.15, 0.2) is 24.3 Å². The van der Waals surface area contributed by atoms with Crippen molar-refractivity contribution >= 4 is 11.6 Å². The average Bonchev–Trinajstić information content (AvgIpc) is 2.39. The van der Waals surface area contributed by atoms with Crippen LogP contribution in [0.3, 0.4) is 0 Å². The van der Waals surface area contributed by atoms with Gasteiger partial charge in [-0.05, 0) is 30.4 Å². The smallest absolute Gasteiger partial charge is 0.221 e. The monoisotopic (exact) mass is 260 g/mol. The molecule has 0 heterocycles. The summed E-state index contributed by atoms with van der Waals surface area (Å²) in [6.07, 6.45) is 5.28. The molecule has 1 aromatic carbocycles. The minimum atomic E-state index is -0.0153. The maximum atomic E-state index is 11.2. The maximum absolute atomic E-state index is 11.2. The van der Waals surface area contributed by atoms with Crippen LogP contribution in [0, 0.1) is 5.92 Å². The molecule has 1 aliphatic carbocycles. The van der Waals surface area contributed by atoms with E-state index in [1.807, 2.05) is 18.2 Å². The Morgan fingerprint density at radius 3 is 2.74 bits per heavy atom. The molecule has 0 spiro atoms. The third-order valence-corrected chi connectivity index (χ3v) is 3.99. The van der Waals surface area contributed by atoms with Gasteiger partial charge in [0.15, 0.2) is 0 Å². The number of rotatable bonds is 4. The third kappa shape index (κ3) is 4.06. The van der Waals surface area contributed by atoms with Gasteiger partial charge in [-0.25, -0.2) is 0 Å². The van der Waals surface area contributed by atoms with Crippen molar-refractivity contribution in [1.82, 2.24) is 5.32 Å². The highest BCUT2D eigenvalue weighted by Gasteiger charge is 2.20. The lowest BCUT2D eigenvalue weighted by Crippen LogP contribution is -2.36. The summed E-state index contributed by atoms with van der Waals surface area (Å²) in [6, 6.07) is 8.62. The van der Waals surface area contributed by atoms with Crippen molar-refractivity contribution < 1.29 is 4.79 Å². The molecular weight excluding hydrogens is 236 g/mol. The van der Waals surface area contributed by atoms with E-state index in [9.17, 15) is 4.79 Å². The molecular formula is C16H24N2O. The maximum Gasteiger partial charge on any atom is 0.221 e. The van der Waals surface area contributed by atoms with Crippen LogP contribution in [0.5, 0.6) is 0 Å². The first-order valence-corrected chi connectivity index (χ1v) is 7.25. The van der Waals surface area contributed by atoms with Gasteiger partial charge in [0.25, 0.3) is 0 Å². The fraction of sp³-hybridized carbons (Fsp3) is 0.562. The number of para-hydroxylation sites is 1. The fourth-order valence-corrected chi connectivity index (χ4v) is 2.85. The zero-order valence-corrected chi connectivity index (χ0v) is 11.9. The summed E-state index contributed by atoms with van der Waals surface area (Å²) < 4.78 is 0. The first-order valence-electron chi connectivity index (χ1n) is 7.25. The Morgan fingerprint density at radius 2 is 2.00 bits per heavy atom. The van der Waals surface area contributed by atoms with Crippen LogP contribution < -0.4 is 10.6 Å². The molecule has 19 heavy (non-hydrogen) atoms. The van der Waals surface area contributed by atoms with Crippen molar-refractivity contribution in [3.05, 3.63) is 29.8 Å². The molecule has 104 valence electrons. The standard InChI is InChI=1S/C16H24N2O/c1-12-7-3-5-9-15(12)17-11-14-8-4-6-10-16(14)18-13(2)19/h4,6,8,10,12,15,17H,3,5,7,9,11H2,1-2H3,(H,18,19). The number of nitrogens with one attached hydrogen (secondary N) is 2. The average molecular weight is 260 g/mol.